The van der Waals surface area contributed by atoms with Crippen molar-refractivity contribution in [2.45, 2.75) is 12.5 Å². The Labute approximate surface area is 93.9 Å². The molecule has 1 atom stereocenters. The topological polar surface area (TPSA) is 58.2 Å². The Hall–Kier alpha value is -1.14. The van der Waals surface area contributed by atoms with Gasteiger partial charge in [0.1, 0.15) is 5.82 Å². The van der Waals surface area contributed by atoms with Crippen molar-refractivity contribution in [3.8, 4) is 0 Å². The van der Waals surface area contributed by atoms with Gasteiger partial charge in [-0.2, -0.15) is 0 Å². The van der Waals surface area contributed by atoms with E-state index in [1.54, 1.807) is 6.07 Å². The lowest BCUT2D eigenvalue weighted by molar-refractivity contribution is 0.399. The molecule has 1 aromatic rings. The van der Waals surface area contributed by atoms with Crippen molar-refractivity contribution >= 4 is 15.7 Å². The minimum Gasteiger partial charge on any atom is -0.313 e. The highest BCUT2D eigenvalue weighted by molar-refractivity contribution is 7.92. The van der Waals surface area contributed by atoms with Crippen LogP contribution >= 0.6 is 0 Å². The molecule has 1 aliphatic heterocycles. The van der Waals surface area contributed by atoms with Crippen LogP contribution < -0.4 is 10.0 Å². The third-order valence-corrected chi connectivity index (χ3v) is 3.86. The van der Waals surface area contributed by atoms with Gasteiger partial charge in [-0.1, -0.05) is 12.1 Å². The van der Waals surface area contributed by atoms with E-state index in [2.05, 4.69) is 10.0 Å². The fraction of sp³-hybridized carbons (Fsp3) is 0.400. The zero-order valence-corrected chi connectivity index (χ0v) is 9.43. The maximum absolute atomic E-state index is 13.2. The van der Waals surface area contributed by atoms with Gasteiger partial charge >= 0.3 is 0 Å². The van der Waals surface area contributed by atoms with Crippen LogP contribution in [0, 0.1) is 5.82 Å². The first kappa shape index (κ1) is 11.3. The Kier molecular flexibility index (Phi) is 3.11. The normalized spacial score (nSPS) is 20.2. The monoisotopic (exact) mass is 244 g/mol. The number of sulfonamides is 1. The molecule has 4 nitrogen and oxygen atoms in total. The van der Waals surface area contributed by atoms with Gasteiger partial charge < -0.3 is 5.32 Å². The lowest BCUT2D eigenvalue weighted by Crippen LogP contribution is -2.48. The number of para-hydroxylation sites is 1. The molecule has 88 valence electrons. The number of halogens is 1. The highest BCUT2D eigenvalue weighted by atomic mass is 32.2. The fourth-order valence-corrected chi connectivity index (χ4v) is 2.91. The molecule has 1 aromatic carbocycles. The van der Waals surface area contributed by atoms with Crippen LogP contribution in [0.5, 0.6) is 0 Å². The van der Waals surface area contributed by atoms with E-state index in [9.17, 15) is 12.8 Å². The van der Waals surface area contributed by atoms with Gasteiger partial charge in [0.05, 0.1) is 11.4 Å². The Morgan fingerprint density at radius 1 is 1.44 bits per heavy atom. The van der Waals surface area contributed by atoms with Gasteiger partial charge in [0.25, 0.3) is 0 Å². The van der Waals surface area contributed by atoms with Crippen molar-refractivity contribution in [3.05, 3.63) is 30.1 Å². The highest BCUT2D eigenvalue weighted by Gasteiger charge is 2.24. The summed E-state index contributed by atoms with van der Waals surface area (Å²) in [4.78, 5) is 0. The number of hydrogen-bond donors (Lipinski definition) is 2. The Morgan fingerprint density at radius 3 is 2.69 bits per heavy atom. The van der Waals surface area contributed by atoms with Crippen molar-refractivity contribution < 1.29 is 12.8 Å². The summed E-state index contributed by atoms with van der Waals surface area (Å²) < 4.78 is 38.7. The molecule has 0 aromatic heterocycles. The van der Waals surface area contributed by atoms with E-state index in [0.717, 1.165) is 13.0 Å². The molecule has 1 aliphatic rings. The Bertz CT molecular complexity index is 471. The number of hydrogen-bond acceptors (Lipinski definition) is 3. The third kappa shape index (κ3) is 2.70. The number of anilines is 1. The summed E-state index contributed by atoms with van der Waals surface area (Å²) in [5.74, 6) is -0.575. The fourth-order valence-electron chi connectivity index (χ4n) is 1.51. The van der Waals surface area contributed by atoms with Gasteiger partial charge in [-0.15, -0.1) is 0 Å². The quantitative estimate of drug-likeness (QED) is 0.828. The zero-order chi connectivity index (χ0) is 11.6. The molecule has 16 heavy (non-hydrogen) atoms. The first-order valence-electron chi connectivity index (χ1n) is 5.05. The molecule has 0 radical (unpaired) electrons. The van der Waals surface area contributed by atoms with Crippen LogP contribution in [-0.4, -0.2) is 26.8 Å². The average molecular weight is 244 g/mol. The van der Waals surface area contributed by atoms with Gasteiger partial charge in [0.15, 0.2) is 0 Å². The molecule has 1 unspecified atom stereocenters. The summed E-state index contributed by atoms with van der Waals surface area (Å²) in [7, 11) is -3.47. The smallest absolute Gasteiger partial charge is 0.234 e. The molecule has 0 saturated carbocycles. The van der Waals surface area contributed by atoms with Crippen molar-refractivity contribution in [2.75, 3.05) is 17.0 Å². The summed E-state index contributed by atoms with van der Waals surface area (Å²) in [6.45, 7) is 0.847. The predicted octanol–water partition coefficient (Wildman–Crippen LogP) is 0.929. The molecule has 1 heterocycles. The van der Waals surface area contributed by atoms with Gasteiger partial charge in [-0.05, 0) is 25.1 Å². The summed E-state index contributed by atoms with van der Waals surface area (Å²) >= 11 is 0. The van der Waals surface area contributed by atoms with Crippen molar-refractivity contribution in [2.24, 2.45) is 0 Å². The van der Waals surface area contributed by atoms with Gasteiger partial charge in [-0.3, -0.25) is 4.72 Å². The van der Waals surface area contributed by atoms with Crippen molar-refractivity contribution in [3.63, 3.8) is 0 Å². The molecule has 2 rings (SSSR count). The second-order valence-corrected chi connectivity index (χ2v) is 5.57. The van der Waals surface area contributed by atoms with E-state index in [-0.39, 0.29) is 17.5 Å². The molecule has 0 spiro atoms. The Morgan fingerprint density at radius 2 is 2.12 bits per heavy atom. The maximum atomic E-state index is 13.2. The molecule has 0 aliphatic carbocycles. The maximum Gasteiger partial charge on any atom is 0.234 e. The van der Waals surface area contributed by atoms with Crippen LogP contribution in [0.3, 0.4) is 0 Å². The van der Waals surface area contributed by atoms with Gasteiger partial charge in [0, 0.05) is 6.04 Å². The zero-order valence-electron chi connectivity index (χ0n) is 8.61. The average Bonchev–Trinajstić information content (AvgIpc) is 2.16. The second-order valence-electron chi connectivity index (χ2n) is 3.80. The number of benzene rings is 1. The first-order chi connectivity index (χ1) is 7.57. The molecule has 1 saturated heterocycles. The summed E-state index contributed by atoms with van der Waals surface area (Å²) in [5, 5.41) is 2.99. The van der Waals surface area contributed by atoms with E-state index in [1.807, 2.05) is 0 Å². The standard InChI is InChI=1S/C10H13FN2O2S/c11-9-3-1-2-4-10(9)13-16(14,15)7-8-5-6-12-8/h1-4,8,12-13H,5-7H2. The molecule has 0 bridgehead atoms. The molecule has 2 N–H and O–H groups in total. The largest absolute Gasteiger partial charge is 0.313 e. The highest BCUT2D eigenvalue weighted by Crippen LogP contribution is 2.15. The summed E-state index contributed by atoms with van der Waals surface area (Å²) in [5.41, 5.74) is 0.00169. The molecular formula is C10H13FN2O2S. The SMILES string of the molecule is O=S(=O)(CC1CCN1)Nc1ccccc1F. The van der Waals surface area contributed by atoms with Crippen LogP contribution in [-0.2, 0) is 10.0 Å². The van der Waals surface area contributed by atoms with Crippen LogP contribution in [0.25, 0.3) is 0 Å². The minimum atomic E-state index is -3.47. The van der Waals surface area contributed by atoms with E-state index < -0.39 is 15.8 Å². The minimum absolute atomic E-state index is 0.00169. The number of nitrogens with one attached hydrogen (secondary N) is 2. The van der Waals surface area contributed by atoms with Crippen molar-refractivity contribution in [1.82, 2.24) is 5.32 Å². The molecule has 1 fully saturated rings. The summed E-state index contributed by atoms with van der Waals surface area (Å²) in [6, 6.07) is 5.72. The molecule has 0 amide bonds. The van der Waals surface area contributed by atoms with E-state index >= 15 is 0 Å². The van der Waals surface area contributed by atoms with Crippen LogP contribution in [0.2, 0.25) is 0 Å². The summed E-state index contributed by atoms with van der Waals surface area (Å²) in [6.07, 6.45) is 0.845. The second kappa shape index (κ2) is 4.39. The predicted molar refractivity (Wildman–Crippen MR) is 60.2 cm³/mol. The molecular weight excluding hydrogens is 231 g/mol. The number of rotatable bonds is 4. The van der Waals surface area contributed by atoms with Crippen LogP contribution in [0.1, 0.15) is 6.42 Å². The van der Waals surface area contributed by atoms with Crippen LogP contribution in [0.4, 0.5) is 10.1 Å². The van der Waals surface area contributed by atoms with E-state index in [4.69, 9.17) is 0 Å². The lowest BCUT2D eigenvalue weighted by atomic mass is 10.1. The van der Waals surface area contributed by atoms with Gasteiger partial charge in [0.2, 0.25) is 10.0 Å². The first-order valence-corrected chi connectivity index (χ1v) is 6.70. The van der Waals surface area contributed by atoms with E-state index in [1.165, 1.54) is 18.2 Å². The Balaban J connectivity index is 2.05. The van der Waals surface area contributed by atoms with E-state index in [0.29, 0.717) is 0 Å². The van der Waals surface area contributed by atoms with Gasteiger partial charge in [-0.25, -0.2) is 12.8 Å². The van der Waals surface area contributed by atoms with Crippen LogP contribution in [0.15, 0.2) is 24.3 Å². The lowest BCUT2D eigenvalue weighted by Gasteiger charge is -2.27. The molecule has 6 heteroatoms. The van der Waals surface area contributed by atoms with Crippen molar-refractivity contribution in [1.29, 1.82) is 0 Å². The third-order valence-electron chi connectivity index (χ3n) is 2.49.